The molecule has 16 N–H and O–H groups in total. The lowest BCUT2D eigenvalue weighted by molar-refractivity contribution is -0.147. The van der Waals surface area contributed by atoms with E-state index in [1.54, 1.807) is 19.1 Å². The molecule has 4 saturated heterocycles. The van der Waals surface area contributed by atoms with E-state index >= 15 is 0 Å². The van der Waals surface area contributed by atoms with Crippen LogP contribution in [0.1, 0.15) is 89.1 Å². The summed E-state index contributed by atoms with van der Waals surface area (Å²) >= 11 is 1.35. The monoisotopic (exact) mass is 1310 g/mol. The lowest BCUT2D eigenvalue weighted by Gasteiger charge is -2.42. The Bertz CT molecular complexity index is 3220. The molecule has 4 aromatic rings. The van der Waals surface area contributed by atoms with E-state index in [2.05, 4.69) is 65.6 Å². The summed E-state index contributed by atoms with van der Waals surface area (Å²) in [6, 6.07) is 8.26. The lowest BCUT2D eigenvalue weighted by atomic mass is 9.86. The number of aromatic hydroxyl groups is 1. The molecule has 5 fully saturated rings. The SMILES string of the molecule is C.CC1CCC(N2CCN(c3ccc(-c4nnc(-c5ccc(C(=O)N[C@H]6C[C@@H](O)CNC(=O)[C@@H]7[C@@H](O)[C@@H](C)CN7C(=O)[C@H]([C@H](O)CCN)NC(=O)[C@H]([C@H](O)Cc7ccc(O)c(OCCN)c7)NC(=O)[C@@H]7C[C@@H](O)CN7C(=O)[C@H]([C@@H](C)O)NC6=O)cc5)s4)cc3)CC2)CC1. The quantitative estimate of drug-likeness (QED) is 0.0610. The average molecular weight is 1310 g/mol. The molecule has 9 rings (SSSR count). The number of nitrogens with zero attached hydrogens (tertiary/aromatic N) is 6. The molecule has 4 aliphatic heterocycles. The highest BCUT2D eigenvalue weighted by Gasteiger charge is 2.50. The first-order valence-corrected chi connectivity index (χ1v) is 32.4. The number of piperazine rings is 1. The smallest absolute Gasteiger partial charge is 0.251 e. The Kier molecular flexibility index (Phi) is 24.7. The number of ether oxygens (including phenoxy) is 1. The number of fused-ring (bicyclic) bond motifs is 2. The maximum absolute atomic E-state index is 14.7. The second-order valence-electron chi connectivity index (χ2n) is 25.0. The van der Waals surface area contributed by atoms with Gasteiger partial charge in [-0.1, -0.05) is 50.8 Å². The number of aliphatic hydroxyl groups excluding tert-OH is 6. The van der Waals surface area contributed by atoms with Crippen LogP contribution in [0.5, 0.6) is 11.5 Å². The Balaban J connectivity index is 0.0000111. The fraction of sp³-hybridized carbons (Fsp3) is 0.578. The van der Waals surface area contributed by atoms with Gasteiger partial charge in [0.1, 0.15) is 52.9 Å². The summed E-state index contributed by atoms with van der Waals surface area (Å²) in [7, 11) is 0. The first-order chi connectivity index (χ1) is 44.0. The maximum Gasteiger partial charge on any atom is 0.251 e. The van der Waals surface area contributed by atoms with Crippen molar-refractivity contribution in [2.75, 3.05) is 70.4 Å². The van der Waals surface area contributed by atoms with Crippen LogP contribution in [-0.4, -0.2) is 246 Å². The van der Waals surface area contributed by atoms with Crippen LogP contribution in [0.15, 0.2) is 66.7 Å². The predicted octanol–water partition coefficient (Wildman–Crippen LogP) is -1.45. The standard InChI is InChI=1S/C63H87N13O15S.CH4/c1-33-4-13-40(14-5-33)73-21-23-74(24-22-73)41-15-11-39(12-16-41)61-72-71-60(92-61)38-9-7-37(8-10-38)55(84)67-44-28-42(78)30-66-59(88)53-54(83)34(2)31-76(53)63(90)52(47(81)18-19-64)70-58(87)51(48(82)26-36-6-17-46(80)49(27-36)91-25-20-65)69-57(86)45-29-43(79)32-75(45)62(89)50(35(3)77)68-56(44)85;/h6-12,15-17,27,33-35,40,42-45,47-48,50-54,77-83H,4-5,13-14,18-26,28-32,64-65H2,1-3H3,(H,66,88)(H,67,84)(H,68,85)(H,69,86)(H,70,87);1H4/t33?,34-,35+,40?,42+,43+,44-,45-,47+,48+,50-,51-,52-,53-,54-;/m0./s1. The van der Waals surface area contributed by atoms with Gasteiger partial charge in [0.2, 0.25) is 35.4 Å². The molecule has 0 bridgehead atoms. The van der Waals surface area contributed by atoms with Gasteiger partial charge in [-0.3, -0.25) is 38.5 Å². The minimum absolute atomic E-state index is 0. The minimum Gasteiger partial charge on any atom is -0.504 e. The van der Waals surface area contributed by atoms with Crippen molar-refractivity contribution in [3.05, 3.63) is 77.9 Å². The number of nitrogens with two attached hydrogens (primary N) is 2. The highest BCUT2D eigenvalue weighted by Crippen LogP contribution is 2.34. The van der Waals surface area contributed by atoms with Crippen molar-refractivity contribution < 1.29 is 74.0 Å². The summed E-state index contributed by atoms with van der Waals surface area (Å²) < 4.78 is 5.52. The number of carbonyl (C=O) groups is 7. The summed E-state index contributed by atoms with van der Waals surface area (Å²) in [6.07, 6.45) is -6.68. The highest BCUT2D eigenvalue weighted by atomic mass is 32.1. The van der Waals surface area contributed by atoms with Gasteiger partial charge in [-0.15, -0.1) is 10.2 Å². The molecule has 1 aliphatic carbocycles. The van der Waals surface area contributed by atoms with Crippen molar-refractivity contribution in [2.24, 2.45) is 23.3 Å². The van der Waals surface area contributed by atoms with Crippen LogP contribution >= 0.6 is 11.3 Å². The number of aromatic nitrogens is 2. The number of hydrogen-bond donors (Lipinski definition) is 14. The topological polar surface area (TPSA) is 421 Å². The summed E-state index contributed by atoms with van der Waals surface area (Å²) in [4.78, 5) is 108. The van der Waals surface area contributed by atoms with Gasteiger partial charge < -0.3 is 93.2 Å². The molecule has 0 unspecified atom stereocenters. The van der Waals surface area contributed by atoms with Crippen molar-refractivity contribution in [2.45, 2.75) is 158 Å². The fourth-order valence-electron chi connectivity index (χ4n) is 12.8. The van der Waals surface area contributed by atoms with E-state index in [-0.39, 0.29) is 62.7 Å². The Morgan fingerprint density at radius 2 is 1.34 bits per heavy atom. The zero-order valence-corrected chi connectivity index (χ0v) is 52.7. The molecule has 3 aromatic carbocycles. The summed E-state index contributed by atoms with van der Waals surface area (Å²) in [5.41, 5.74) is 14.4. The van der Waals surface area contributed by atoms with Crippen molar-refractivity contribution in [1.29, 1.82) is 0 Å². The zero-order valence-electron chi connectivity index (χ0n) is 51.9. The first kappa shape index (κ1) is 71.4. The number of phenolic OH excluding ortho intramolecular Hbond substituents is 1. The van der Waals surface area contributed by atoms with Crippen LogP contribution in [0, 0.1) is 11.8 Å². The van der Waals surface area contributed by atoms with Gasteiger partial charge in [-0.05, 0) is 106 Å². The van der Waals surface area contributed by atoms with Gasteiger partial charge in [-0.25, -0.2) is 0 Å². The third-order valence-electron chi connectivity index (χ3n) is 18.2. The van der Waals surface area contributed by atoms with E-state index in [1.807, 2.05) is 12.1 Å². The van der Waals surface area contributed by atoms with Gasteiger partial charge in [0.15, 0.2) is 11.5 Å². The minimum atomic E-state index is -2.04. The van der Waals surface area contributed by atoms with Crippen molar-refractivity contribution in [3.63, 3.8) is 0 Å². The fourth-order valence-corrected chi connectivity index (χ4v) is 13.7. The number of amides is 7. The van der Waals surface area contributed by atoms with Crippen LogP contribution in [0.4, 0.5) is 5.69 Å². The number of phenols is 1. The Morgan fingerprint density at radius 3 is 1.98 bits per heavy atom. The van der Waals surface area contributed by atoms with Crippen LogP contribution in [-0.2, 0) is 35.2 Å². The number of β-amino-alcohol motifs (C(OH)–C–C–N with tert-alkyl or cyclic N) is 1. The number of benzene rings is 3. The Labute approximate surface area is 544 Å². The van der Waals surface area contributed by atoms with E-state index in [9.17, 15) is 69.3 Å². The maximum atomic E-state index is 14.7. The van der Waals surface area contributed by atoms with E-state index in [0.29, 0.717) is 21.6 Å². The van der Waals surface area contributed by atoms with Gasteiger partial charge >= 0.3 is 0 Å². The van der Waals surface area contributed by atoms with Gasteiger partial charge in [0, 0.05) is 106 Å². The predicted molar refractivity (Wildman–Crippen MR) is 344 cm³/mol. The number of aliphatic hydroxyl groups is 6. The summed E-state index contributed by atoms with van der Waals surface area (Å²) in [6.45, 7) is 7.43. The highest BCUT2D eigenvalue weighted by molar-refractivity contribution is 7.17. The zero-order chi connectivity index (χ0) is 66.1. The van der Waals surface area contributed by atoms with Crippen molar-refractivity contribution in [1.82, 2.24) is 51.5 Å². The van der Waals surface area contributed by atoms with E-state index in [0.717, 1.165) is 60.1 Å². The molecule has 13 atom stereocenters. The molecule has 508 valence electrons. The largest absolute Gasteiger partial charge is 0.504 e. The first-order valence-electron chi connectivity index (χ1n) is 31.6. The second kappa shape index (κ2) is 32.1. The van der Waals surface area contributed by atoms with Gasteiger partial charge in [-0.2, -0.15) is 0 Å². The van der Waals surface area contributed by atoms with Gasteiger partial charge in [0.05, 0.1) is 36.6 Å². The lowest BCUT2D eigenvalue weighted by Crippen LogP contribution is -2.64. The number of carbonyl (C=O) groups excluding carboxylic acids is 7. The normalized spacial score (nSPS) is 28.3. The molecule has 7 amide bonds. The van der Waals surface area contributed by atoms with Crippen LogP contribution in [0.3, 0.4) is 0 Å². The molecule has 29 heteroatoms. The molecule has 1 aromatic heterocycles. The average Bonchev–Trinajstić information content (AvgIpc) is 1.70. The van der Waals surface area contributed by atoms with Gasteiger partial charge in [0.25, 0.3) is 5.91 Å². The Morgan fingerprint density at radius 1 is 0.720 bits per heavy atom. The summed E-state index contributed by atoms with van der Waals surface area (Å²) in [5, 5.41) is 102. The molecule has 5 heterocycles. The number of rotatable bonds is 16. The summed E-state index contributed by atoms with van der Waals surface area (Å²) in [5.74, 6) is -7.79. The van der Waals surface area contributed by atoms with Crippen molar-refractivity contribution >= 4 is 58.4 Å². The number of anilines is 1. The number of hydrogen-bond acceptors (Lipinski definition) is 22. The Hall–Kier alpha value is -7.45. The van der Waals surface area contributed by atoms with Crippen LogP contribution in [0.2, 0.25) is 0 Å². The molecular formula is C64H91N13O15S. The third kappa shape index (κ3) is 17.3. The van der Waals surface area contributed by atoms with Crippen LogP contribution in [0.25, 0.3) is 21.1 Å². The van der Waals surface area contributed by atoms with Crippen LogP contribution < -0.4 is 47.7 Å². The second-order valence-corrected chi connectivity index (χ2v) is 26.0. The molecule has 5 aliphatic rings. The van der Waals surface area contributed by atoms with Crippen molar-refractivity contribution in [3.8, 4) is 32.6 Å². The molecule has 28 nitrogen and oxygen atoms in total. The molecule has 1 saturated carbocycles. The molecule has 93 heavy (non-hydrogen) atoms. The third-order valence-corrected chi connectivity index (χ3v) is 19.2. The van der Waals surface area contributed by atoms with E-state index in [4.69, 9.17) is 16.2 Å². The van der Waals surface area contributed by atoms with E-state index < -0.39 is 152 Å². The number of nitrogens with one attached hydrogen (secondary N) is 5. The van der Waals surface area contributed by atoms with E-state index in [1.165, 1.54) is 67.4 Å². The molecule has 0 radical (unpaired) electrons. The molecule has 0 spiro atoms. The molecular weight excluding hydrogens is 1220 g/mol.